The minimum absolute atomic E-state index is 0.0401. The number of nitrogens with zero attached hydrogens (tertiary/aromatic N) is 5. The van der Waals surface area contributed by atoms with Crippen molar-refractivity contribution < 1.29 is 19.1 Å². The number of para-hydroxylation sites is 1. The molecule has 0 radical (unpaired) electrons. The van der Waals surface area contributed by atoms with Crippen molar-refractivity contribution in [2.24, 2.45) is 0 Å². The fourth-order valence-corrected chi connectivity index (χ4v) is 6.33. The van der Waals surface area contributed by atoms with Crippen LogP contribution in [0.1, 0.15) is 24.0 Å². The SMILES string of the molecule is COc1cccc(CC(NC(=O)N2CCC(N3Cc4ccccc4NC3=O)CC2)C(=O)N2CCN(c3ccncc3)CC2)c1. The van der Waals surface area contributed by atoms with Crippen molar-refractivity contribution in [2.45, 2.75) is 37.9 Å². The highest BCUT2D eigenvalue weighted by atomic mass is 16.5. The van der Waals surface area contributed by atoms with Crippen LogP contribution in [0.25, 0.3) is 0 Å². The van der Waals surface area contributed by atoms with E-state index in [1.807, 2.05) is 70.5 Å². The van der Waals surface area contributed by atoms with Crippen LogP contribution >= 0.6 is 0 Å². The fraction of sp³-hybridized carbons (Fsp3) is 0.394. The van der Waals surface area contributed by atoms with E-state index >= 15 is 0 Å². The van der Waals surface area contributed by atoms with Gasteiger partial charge >= 0.3 is 12.1 Å². The number of amides is 5. The maximum absolute atomic E-state index is 13.9. The summed E-state index contributed by atoms with van der Waals surface area (Å²) < 4.78 is 5.40. The fourth-order valence-electron chi connectivity index (χ4n) is 6.33. The van der Waals surface area contributed by atoms with E-state index in [2.05, 4.69) is 20.5 Å². The zero-order chi connectivity index (χ0) is 30.5. The molecular weight excluding hydrogens is 558 g/mol. The van der Waals surface area contributed by atoms with Crippen LogP contribution in [-0.4, -0.2) is 96.1 Å². The molecule has 3 aliphatic rings. The van der Waals surface area contributed by atoms with Gasteiger partial charge < -0.3 is 35.0 Å². The van der Waals surface area contributed by atoms with Crippen LogP contribution in [0.5, 0.6) is 5.75 Å². The molecule has 0 spiro atoms. The largest absolute Gasteiger partial charge is 0.497 e. The predicted octanol–water partition coefficient (Wildman–Crippen LogP) is 3.57. The van der Waals surface area contributed by atoms with Crippen molar-refractivity contribution in [1.82, 2.24) is 25.0 Å². The highest BCUT2D eigenvalue weighted by Crippen LogP contribution is 2.28. The average Bonchev–Trinajstić information content (AvgIpc) is 3.08. The number of carbonyl (C=O) groups is 3. The summed E-state index contributed by atoms with van der Waals surface area (Å²) in [7, 11) is 1.61. The quantitative estimate of drug-likeness (QED) is 0.431. The summed E-state index contributed by atoms with van der Waals surface area (Å²) >= 11 is 0. The number of ether oxygens (including phenoxy) is 1. The molecule has 2 fully saturated rings. The van der Waals surface area contributed by atoms with Crippen molar-refractivity contribution in [3.8, 4) is 5.75 Å². The number of hydrogen-bond donors (Lipinski definition) is 2. The Morgan fingerprint density at radius 1 is 0.955 bits per heavy atom. The zero-order valence-corrected chi connectivity index (χ0v) is 25.0. The predicted molar refractivity (Wildman–Crippen MR) is 168 cm³/mol. The number of methoxy groups -OCH3 is 1. The Morgan fingerprint density at radius 2 is 1.70 bits per heavy atom. The van der Waals surface area contributed by atoms with Crippen LogP contribution < -0.4 is 20.3 Å². The van der Waals surface area contributed by atoms with Crippen LogP contribution in [-0.2, 0) is 17.8 Å². The molecule has 1 aromatic heterocycles. The standard InChI is InChI=1S/C33H39N7O4/c1-44-28-7-4-5-24(21-28)22-30(31(41)38-19-17-37(18-20-38)26-9-13-34-14-10-26)36-32(42)39-15-11-27(12-16-39)40-23-25-6-2-3-8-29(25)35-33(40)43/h2-10,13-14,21,27,30H,11-12,15-20,22-23H2,1H3,(H,35,43)(H,36,42). The van der Waals surface area contributed by atoms with Gasteiger partial charge in [-0.1, -0.05) is 30.3 Å². The summed E-state index contributed by atoms with van der Waals surface area (Å²) in [6.45, 7) is 4.12. The number of anilines is 2. The molecule has 4 heterocycles. The Kier molecular flexibility index (Phi) is 8.81. The van der Waals surface area contributed by atoms with Gasteiger partial charge in [-0.2, -0.15) is 0 Å². The number of nitrogens with one attached hydrogen (secondary N) is 2. The van der Waals surface area contributed by atoms with Crippen LogP contribution in [0.4, 0.5) is 21.0 Å². The number of piperazine rings is 1. The number of hydrogen-bond acceptors (Lipinski definition) is 6. The summed E-state index contributed by atoms with van der Waals surface area (Å²) in [6, 6.07) is 18.4. The van der Waals surface area contributed by atoms with Crippen LogP contribution in [0.2, 0.25) is 0 Å². The maximum atomic E-state index is 13.9. The number of fused-ring (bicyclic) bond motifs is 1. The summed E-state index contributed by atoms with van der Waals surface area (Å²) in [5, 5.41) is 6.06. The monoisotopic (exact) mass is 597 g/mol. The minimum atomic E-state index is -0.718. The maximum Gasteiger partial charge on any atom is 0.322 e. The van der Waals surface area contributed by atoms with Gasteiger partial charge in [-0.25, -0.2) is 9.59 Å². The number of urea groups is 2. The molecule has 0 bridgehead atoms. The second kappa shape index (κ2) is 13.2. The van der Waals surface area contributed by atoms with Crippen LogP contribution in [0, 0.1) is 0 Å². The van der Waals surface area contributed by atoms with E-state index < -0.39 is 6.04 Å². The van der Waals surface area contributed by atoms with Crippen molar-refractivity contribution in [1.29, 1.82) is 0 Å². The van der Waals surface area contributed by atoms with E-state index in [-0.39, 0.29) is 24.0 Å². The third-order valence-corrected chi connectivity index (χ3v) is 8.84. The Bertz CT molecular complexity index is 1470. The third kappa shape index (κ3) is 6.56. The van der Waals surface area contributed by atoms with E-state index in [1.54, 1.807) is 24.4 Å². The first-order chi connectivity index (χ1) is 21.5. The Balaban J connectivity index is 1.09. The number of likely N-dealkylation sites (tertiary alicyclic amines) is 1. The molecule has 0 saturated carbocycles. The Labute approximate surface area is 257 Å². The van der Waals surface area contributed by atoms with Gasteiger partial charge in [0, 0.05) is 82.0 Å². The topological polar surface area (TPSA) is 110 Å². The molecule has 2 aromatic carbocycles. The zero-order valence-electron chi connectivity index (χ0n) is 25.0. The lowest BCUT2D eigenvalue weighted by molar-refractivity contribution is -0.133. The lowest BCUT2D eigenvalue weighted by atomic mass is 10.0. The van der Waals surface area contributed by atoms with Gasteiger partial charge in [0.1, 0.15) is 11.8 Å². The van der Waals surface area contributed by atoms with Gasteiger partial charge in [0.05, 0.1) is 7.11 Å². The second-order valence-electron chi connectivity index (χ2n) is 11.5. The molecule has 5 amide bonds. The van der Waals surface area contributed by atoms with E-state index in [9.17, 15) is 14.4 Å². The van der Waals surface area contributed by atoms with Gasteiger partial charge in [0.25, 0.3) is 0 Å². The molecule has 3 aliphatic heterocycles. The third-order valence-electron chi connectivity index (χ3n) is 8.84. The van der Waals surface area contributed by atoms with Gasteiger partial charge in [0.15, 0.2) is 0 Å². The number of aromatic nitrogens is 1. The van der Waals surface area contributed by atoms with Crippen LogP contribution in [0.15, 0.2) is 73.1 Å². The van der Waals surface area contributed by atoms with E-state index in [0.717, 1.165) is 22.5 Å². The second-order valence-corrected chi connectivity index (χ2v) is 11.5. The summed E-state index contributed by atoms with van der Waals surface area (Å²) in [5.41, 5.74) is 3.94. The summed E-state index contributed by atoms with van der Waals surface area (Å²) in [6.07, 6.45) is 5.25. The van der Waals surface area contributed by atoms with E-state index in [1.165, 1.54) is 0 Å². The van der Waals surface area contributed by atoms with Gasteiger partial charge in [-0.05, 0) is 54.3 Å². The molecule has 1 unspecified atom stereocenters. The first-order valence-electron chi connectivity index (χ1n) is 15.3. The normalized spacial score (nSPS) is 17.9. The van der Waals surface area contributed by atoms with Gasteiger partial charge in [-0.15, -0.1) is 0 Å². The lowest BCUT2D eigenvalue weighted by Gasteiger charge is -2.41. The van der Waals surface area contributed by atoms with Gasteiger partial charge in [-0.3, -0.25) is 9.78 Å². The molecule has 1 atom stereocenters. The smallest absolute Gasteiger partial charge is 0.322 e. The van der Waals surface area contributed by atoms with Crippen LogP contribution in [0.3, 0.4) is 0 Å². The minimum Gasteiger partial charge on any atom is -0.497 e. The van der Waals surface area contributed by atoms with Crippen molar-refractivity contribution in [2.75, 3.05) is 56.6 Å². The van der Waals surface area contributed by atoms with Crippen molar-refractivity contribution >= 4 is 29.3 Å². The first-order valence-corrected chi connectivity index (χ1v) is 15.3. The Hall–Kier alpha value is -4.80. The summed E-state index contributed by atoms with van der Waals surface area (Å²) in [5.74, 6) is 0.617. The molecule has 3 aromatic rings. The van der Waals surface area contributed by atoms with Crippen molar-refractivity contribution in [3.05, 3.63) is 84.2 Å². The highest BCUT2D eigenvalue weighted by Gasteiger charge is 2.35. The number of carbonyl (C=O) groups excluding carboxylic acids is 3. The number of pyridine rings is 1. The molecule has 230 valence electrons. The van der Waals surface area contributed by atoms with Gasteiger partial charge in [0.2, 0.25) is 5.91 Å². The molecule has 2 saturated heterocycles. The molecule has 6 rings (SSSR count). The molecular formula is C33H39N7O4. The first kappa shape index (κ1) is 29.3. The average molecular weight is 598 g/mol. The van der Waals surface area contributed by atoms with E-state index in [0.29, 0.717) is 70.8 Å². The molecule has 0 aliphatic carbocycles. The lowest BCUT2D eigenvalue weighted by Crippen LogP contribution is -2.58. The summed E-state index contributed by atoms with van der Waals surface area (Å²) in [4.78, 5) is 52.1. The Morgan fingerprint density at radius 3 is 2.45 bits per heavy atom. The molecule has 44 heavy (non-hydrogen) atoms. The molecule has 11 heteroatoms. The van der Waals surface area contributed by atoms with E-state index in [4.69, 9.17) is 4.74 Å². The number of piperidine rings is 1. The molecule has 11 nitrogen and oxygen atoms in total. The molecule has 2 N–H and O–H groups in total. The highest BCUT2D eigenvalue weighted by molar-refractivity contribution is 5.92. The number of benzene rings is 2. The number of rotatable bonds is 7. The van der Waals surface area contributed by atoms with Crippen molar-refractivity contribution in [3.63, 3.8) is 0 Å².